The number of hydrogen-bond donors (Lipinski definition) is 2. The number of aromatic hydroxyl groups is 1. The van der Waals surface area contributed by atoms with Gasteiger partial charge in [-0.1, -0.05) is 30.3 Å². The van der Waals surface area contributed by atoms with Crippen LogP contribution in [0.3, 0.4) is 0 Å². The van der Waals surface area contributed by atoms with Crippen molar-refractivity contribution in [2.24, 2.45) is 5.10 Å². The zero-order valence-corrected chi connectivity index (χ0v) is 10.5. The molecule has 3 nitrogen and oxygen atoms in total. The van der Waals surface area contributed by atoms with Gasteiger partial charge in [0.05, 0.1) is 11.4 Å². The number of nitrogens with zero attached hydrogens (tertiary/aromatic N) is 1. The third-order valence-electron chi connectivity index (χ3n) is 2.78. The Morgan fingerprint density at radius 2 is 1.72 bits per heavy atom. The van der Waals surface area contributed by atoms with E-state index in [9.17, 15) is 5.11 Å². The molecule has 2 N–H and O–H groups in total. The van der Waals surface area contributed by atoms with Gasteiger partial charge in [0.15, 0.2) is 0 Å². The minimum atomic E-state index is 0.241. The van der Waals surface area contributed by atoms with Gasteiger partial charge < -0.3 is 5.11 Å². The van der Waals surface area contributed by atoms with Crippen molar-refractivity contribution in [2.45, 2.75) is 13.8 Å². The molecule has 0 fully saturated rings. The van der Waals surface area contributed by atoms with E-state index in [4.69, 9.17) is 0 Å². The van der Waals surface area contributed by atoms with E-state index in [-0.39, 0.29) is 5.75 Å². The van der Waals surface area contributed by atoms with Gasteiger partial charge in [-0.05, 0) is 37.6 Å². The SMILES string of the molecule is C/C(=N\Nc1ccccc1C)c1ccccc1O. The second-order valence-corrected chi connectivity index (χ2v) is 4.14. The summed E-state index contributed by atoms with van der Waals surface area (Å²) in [4.78, 5) is 0. The summed E-state index contributed by atoms with van der Waals surface area (Å²) in [5.74, 6) is 0.241. The first-order valence-electron chi connectivity index (χ1n) is 5.83. The Kier molecular flexibility index (Phi) is 3.63. The van der Waals surface area contributed by atoms with Crippen molar-refractivity contribution in [2.75, 3.05) is 5.43 Å². The number of hydrogen-bond acceptors (Lipinski definition) is 3. The van der Waals surface area contributed by atoms with Crippen molar-refractivity contribution in [3.8, 4) is 5.75 Å². The number of benzene rings is 2. The van der Waals surface area contributed by atoms with Crippen molar-refractivity contribution in [1.82, 2.24) is 0 Å². The maximum Gasteiger partial charge on any atom is 0.124 e. The molecule has 2 aromatic rings. The third-order valence-corrected chi connectivity index (χ3v) is 2.78. The first kappa shape index (κ1) is 12.2. The monoisotopic (exact) mass is 240 g/mol. The molecule has 2 aromatic carbocycles. The topological polar surface area (TPSA) is 44.6 Å². The second kappa shape index (κ2) is 5.36. The van der Waals surface area contributed by atoms with Crippen LogP contribution in [-0.4, -0.2) is 10.8 Å². The molecule has 0 atom stereocenters. The number of anilines is 1. The molecule has 2 rings (SSSR count). The Morgan fingerprint density at radius 1 is 1.06 bits per heavy atom. The zero-order valence-electron chi connectivity index (χ0n) is 10.5. The zero-order chi connectivity index (χ0) is 13.0. The highest BCUT2D eigenvalue weighted by Crippen LogP contribution is 2.17. The van der Waals surface area contributed by atoms with E-state index in [1.807, 2.05) is 50.2 Å². The van der Waals surface area contributed by atoms with Gasteiger partial charge >= 0.3 is 0 Å². The number of aryl methyl sites for hydroxylation is 1. The summed E-state index contributed by atoms with van der Waals surface area (Å²) < 4.78 is 0. The Bertz CT molecular complexity index is 576. The smallest absolute Gasteiger partial charge is 0.124 e. The minimum absolute atomic E-state index is 0.241. The lowest BCUT2D eigenvalue weighted by Gasteiger charge is -2.07. The van der Waals surface area contributed by atoms with Crippen LogP contribution in [-0.2, 0) is 0 Å². The Morgan fingerprint density at radius 3 is 2.44 bits per heavy atom. The molecule has 18 heavy (non-hydrogen) atoms. The summed E-state index contributed by atoms with van der Waals surface area (Å²) in [6.45, 7) is 3.88. The Balaban J connectivity index is 2.20. The fraction of sp³-hybridized carbons (Fsp3) is 0.133. The minimum Gasteiger partial charge on any atom is -0.507 e. The average molecular weight is 240 g/mol. The molecule has 0 saturated carbocycles. The van der Waals surface area contributed by atoms with Gasteiger partial charge in [-0.3, -0.25) is 5.43 Å². The number of para-hydroxylation sites is 2. The second-order valence-electron chi connectivity index (χ2n) is 4.14. The molecule has 0 aliphatic heterocycles. The van der Waals surface area contributed by atoms with E-state index >= 15 is 0 Å². The fourth-order valence-corrected chi connectivity index (χ4v) is 1.68. The van der Waals surface area contributed by atoms with Gasteiger partial charge in [-0.25, -0.2) is 0 Å². The van der Waals surface area contributed by atoms with Crippen molar-refractivity contribution in [3.05, 3.63) is 59.7 Å². The first-order valence-corrected chi connectivity index (χ1v) is 5.83. The van der Waals surface area contributed by atoms with Crippen LogP contribution in [0.25, 0.3) is 0 Å². The summed E-state index contributed by atoms with van der Waals surface area (Å²) in [5, 5.41) is 14.0. The molecule has 0 heterocycles. The van der Waals surface area contributed by atoms with Gasteiger partial charge in [-0.15, -0.1) is 0 Å². The molecular weight excluding hydrogens is 224 g/mol. The summed E-state index contributed by atoms with van der Waals surface area (Å²) in [7, 11) is 0. The number of hydrazone groups is 1. The standard InChI is InChI=1S/C15H16N2O/c1-11-7-3-5-9-14(11)17-16-12(2)13-8-4-6-10-15(13)18/h3-10,17-18H,1-2H3/b16-12+. The lowest BCUT2D eigenvalue weighted by atomic mass is 10.1. The average Bonchev–Trinajstić information content (AvgIpc) is 2.38. The molecule has 0 radical (unpaired) electrons. The Hall–Kier alpha value is -2.29. The van der Waals surface area contributed by atoms with Crippen LogP contribution in [0.15, 0.2) is 53.6 Å². The van der Waals surface area contributed by atoms with E-state index in [1.165, 1.54) is 0 Å². The molecule has 0 spiro atoms. The molecule has 92 valence electrons. The summed E-state index contributed by atoms with van der Waals surface area (Å²) in [6, 6.07) is 15.1. The van der Waals surface area contributed by atoms with Crippen LogP contribution < -0.4 is 5.43 Å². The van der Waals surface area contributed by atoms with Crippen LogP contribution in [0.4, 0.5) is 5.69 Å². The van der Waals surface area contributed by atoms with Crippen LogP contribution in [0, 0.1) is 6.92 Å². The molecular formula is C15H16N2O. The predicted molar refractivity (Wildman–Crippen MR) is 75.1 cm³/mol. The normalized spacial score (nSPS) is 11.3. The van der Waals surface area contributed by atoms with Crippen LogP contribution >= 0.6 is 0 Å². The lowest BCUT2D eigenvalue weighted by molar-refractivity contribution is 0.474. The van der Waals surface area contributed by atoms with Gasteiger partial charge in [0, 0.05) is 5.56 Å². The van der Waals surface area contributed by atoms with Crippen molar-refractivity contribution >= 4 is 11.4 Å². The molecule has 0 aliphatic rings. The largest absolute Gasteiger partial charge is 0.507 e. The number of phenolic OH excluding ortho intramolecular Hbond substituents is 1. The molecule has 0 unspecified atom stereocenters. The highest BCUT2D eigenvalue weighted by atomic mass is 16.3. The fourth-order valence-electron chi connectivity index (χ4n) is 1.68. The highest BCUT2D eigenvalue weighted by molar-refractivity contribution is 6.01. The number of nitrogens with one attached hydrogen (secondary N) is 1. The number of phenols is 1. The quantitative estimate of drug-likeness (QED) is 0.636. The van der Waals surface area contributed by atoms with Gasteiger partial charge in [0.25, 0.3) is 0 Å². The molecule has 0 saturated heterocycles. The van der Waals surface area contributed by atoms with Gasteiger partial charge in [0.1, 0.15) is 5.75 Å². The maximum absolute atomic E-state index is 9.72. The van der Waals surface area contributed by atoms with E-state index in [1.54, 1.807) is 12.1 Å². The van der Waals surface area contributed by atoms with Crippen molar-refractivity contribution in [3.63, 3.8) is 0 Å². The van der Waals surface area contributed by atoms with Crippen molar-refractivity contribution in [1.29, 1.82) is 0 Å². The molecule has 0 aliphatic carbocycles. The molecule has 0 amide bonds. The summed E-state index contributed by atoms with van der Waals surface area (Å²) in [6.07, 6.45) is 0. The summed E-state index contributed by atoms with van der Waals surface area (Å²) >= 11 is 0. The number of rotatable bonds is 3. The first-order chi connectivity index (χ1) is 8.68. The highest BCUT2D eigenvalue weighted by Gasteiger charge is 2.03. The van der Waals surface area contributed by atoms with Crippen molar-refractivity contribution < 1.29 is 5.11 Å². The maximum atomic E-state index is 9.72. The molecule has 3 heteroatoms. The predicted octanol–water partition coefficient (Wildman–Crippen LogP) is 3.54. The van der Waals surface area contributed by atoms with Crippen LogP contribution in [0.2, 0.25) is 0 Å². The lowest BCUT2D eigenvalue weighted by Crippen LogP contribution is -2.00. The van der Waals surface area contributed by atoms with E-state index in [0.717, 1.165) is 22.5 Å². The van der Waals surface area contributed by atoms with E-state index in [2.05, 4.69) is 10.5 Å². The van der Waals surface area contributed by atoms with E-state index < -0.39 is 0 Å². The van der Waals surface area contributed by atoms with Gasteiger partial charge in [0.2, 0.25) is 0 Å². The Labute approximate surface area is 107 Å². The molecule has 0 bridgehead atoms. The third kappa shape index (κ3) is 2.69. The van der Waals surface area contributed by atoms with Gasteiger partial charge in [-0.2, -0.15) is 5.10 Å². The van der Waals surface area contributed by atoms with E-state index in [0.29, 0.717) is 0 Å². The molecule has 0 aromatic heterocycles. The summed E-state index contributed by atoms with van der Waals surface area (Å²) in [5.41, 5.74) is 6.59. The van der Waals surface area contributed by atoms with Crippen LogP contribution in [0.5, 0.6) is 5.75 Å². The van der Waals surface area contributed by atoms with Crippen LogP contribution in [0.1, 0.15) is 18.1 Å².